The van der Waals surface area contributed by atoms with Crippen molar-refractivity contribution in [2.45, 2.75) is 328 Å². The van der Waals surface area contributed by atoms with Crippen LogP contribution in [0.25, 0.3) is 0 Å². The minimum Gasteiger partial charge on any atom is -0.811 e. The fourth-order valence-corrected chi connectivity index (χ4v) is 9.34. The third kappa shape index (κ3) is 63.5. The van der Waals surface area contributed by atoms with Crippen LogP contribution in [0.5, 0.6) is 0 Å². The molecular weight excluding hydrogens is 961 g/mol. The van der Waals surface area contributed by atoms with Gasteiger partial charge in [0, 0.05) is 0 Å². The van der Waals surface area contributed by atoms with Crippen LogP contribution in [0.4, 0.5) is 0 Å². The van der Waals surface area contributed by atoms with Gasteiger partial charge in [-0.3, -0.25) is 0 Å². The maximum Gasteiger partial charge on any atom is 3.00 e. The Labute approximate surface area is 425 Å². The van der Waals surface area contributed by atoms with E-state index in [9.17, 15) is 43.1 Å². The van der Waals surface area contributed by atoms with E-state index < -0.39 is 39.8 Å². The van der Waals surface area contributed by atoms with Gasteiger partial charge in [0.1, 0.15) is 0 Å². The Morgan fingerprint density at radius 3 is 0.462 bits per heavy atom. The van der Waals surface area contributed by atoms with Gasteiger partial charge in [-0.05, 0) is 36.2 Å². The Morgan fingerprint density at radius 1 is 0.246 bits per heavy atom. The minimum absolute atomic E-state index is 0. The zero-order valence-electron chi connectivity index (χ0n) is 43.2. The van der Waals surface area contributed by atoms with Crippen LogP contribution in [0.15, 0.2) is 0 Å². The molecule has 0 aliphatic heterocycles. The fraction of sp³-hybridized carbons (Fsp3) is 1.00. The van der Waals surface area contributed by atoms with Crippen molar-refractivity contribution in [1.29, 1.82) is 0 Å². The summed E-state index contributed by atoms with van der Waals surface area (Å²) in [7, 11) is -13.0. The van der Waals surface area contributed by atoms with Crippen molar-refractivity contribution in [3.05, 3.63) is 0 Å². The third-order valence-corrected chi connectivity index (χ3v) is 16.8. The molecule has 0 N–H and O–H groups in total. The number of hydrogen-bond donors (Lipinski definition) is 0. The van der Waals surface area contributed by atoms with Crippen LogP contribution in [0.2, 0.25) is 0 Å². The van der Waals surface area contributed by atoms with Crippen LogP contribution in [-0.4, -0.2) is 17.0 Å². The van der Waals surface area contributed by atoms with Crippen LogP contribution in [0.1, 0.15) is 311 Å². The molecule has 2 radical (unpaired) electrons. The summed E-state index contributed by atoms with van der Waals surface area (Å²) in [5.41, 5.74) is -2.07. The van der Waals surface area contributed by atoms with E-state index in [1.807, 2.05) is 0 Å². The van der Waals surface area contributed by atoms with E-state index in [1.54, 1.807) is 0 Å². The zero-order valence-corrected chi connectivity index (χ0v) is 48.0. The van der Waals surface area contributed by atoms with Crippen molar-refractivity contribution in [2.75, 3.05) is 0 Å². The zero-order chi connectivity index (χ0) is 47.9. The predicted octanol–water partition coefficient (Wildman–Crippen LogP) is 14.3. The SMILES string of the molecule is CCCCCCCCCCCCCCCC(C)P(=O)([O-])[O-].CCCCCCCCCCCCCCCC(C)P(=O)([O-])[O-].CCCCCCCCCCCCCCCC(C)P(=O)([O-])[O-].[Fe+3].[Fe+3]. The average molecular weight is 1070 g/mol. The maximum absolute atomic E-state index is 10.8. The van der Waals surface area contributed by atoms with Crippen molar-refractivity contribution in [2.24, 2.45) is 0 Å². The summed E-state index contributed by atoms with van der Waals surface area (Å²) in [4.78, 5) is 64.5. The van der Waals surface area contributed by atoms with Gasteiger partial charge < -0.3 is 43.1 Å². The summed E-state index contributed by atoms with van der Waals surface area (Å²) >= 11 is 0. The van der Waals surface area contributed by atoms with Gasteiger partial charge in [-0.15, -0.1) is 0 Å². The molecule has 0 rings (SSSR count). The summed E-state index contributed by atoms with van der Waals surface area (Å²) in [6.07, 6.45) is 51.4. The topological polar surface area (TPSA) is 190 Å². The van der Waals surface area contributed by atoms with Crippen molar-refractivity contribution in [3.8, 4) is 0 Å². The van der Waals surface area contributed by atoms with Gasteiger partial charge in [-0.2, -0.15) is 0 Å². The van der Waals surface area contributed by atoms with E-state index >= 15 is 0 Å². The molecule has 0 aliphatic rings. The van der Waals surface area contributed by atoms with Crippen molar-refractivity contribution in [1.82, 2.24) is 0 Å². The third-order valence-electron chi connectivity index (χ3n) is 12.8. The molecule has 0 saturated carbocycles. The van der Waals surface area contributed by atoms with E-state index in [1.165, 1.54) is 233 Å². The van der Waals surface area contributed by atoms with Crippen LogP contribution in [0.3, 0.4) is 0 Å². The van der Waals surface area contributed by atoms with Gasteiger partial charge in [0.25, 0.3) is 0 Å². The Hall–Kier alpha value is 1.49. The second-order valence-corrected chi connectivity index (χ2v) is 25.1. The van der Waals surface area contributed by atoms with Gasteiger partial charge >= 0.3 is 34.1 Å². The van der Waals surface area contributed by atoms with Crippen LogP contribution in [0, 0.1) is 0 Å². The second kappa shape index (κ2) is 54.8. The summed E-state index contributed by atoms with van der Waals surface area (Å²) in [5, 5.41) is 0. The van der Waals surface area contributed by atoms with Gasteiger partial charge in [0.2, 0.25) is 0 Å². The molecule has 0 aromatic carbocycles. The Balaban J connectivity index is -0.000000273. The molecule has 14 heteroatoms. The first-order chi connectivity index (χ1) is 29.9. The van der Waals surface area contributed by atoms with E-state index in [4.69, 9.17) is 0 Å². The fourth-order valence-electron chi connectivity index (χ4n) is 7.85. The van der Waals surface area contributed by atoms with Gasteiger partial charge in [0.05, 0.1) is 0 Å². The first-order valence-electron chi connectivity index (χ1n) is 27.0. The quantitative estimate of drug-likeness (QED) is 0.0324. The van der Waals surface area contributed by atoms with Crippen LogP contribution in [-0.2, 0) is 47.8 Å². The smallest absolute Gasteiger partial charge is 0.811 e. The molecule has 0 aromatic rings. The Morgan fingerprint density at radius 2 is 0.354 bits per heavy atom. The second-order valence-electron chi connectivity index (χ2n) is 19.3. The molecule has 65 heavy (non-hydrogen) atoms. The van der Waals surface area contributed by atoms with Gasteiger partial charge in [-0.1, -0.05) is 315 Å². The summed E-state index contributed by atoms with van der Waals surface area (Å²) in [6, 6.07) is 0. The summed E-state index contributed by atoms with van der Waals surface area (Å²) in [6.45, 7) is 11.3. The van der Waals surface area contributed by atoms with Crippen LogP contribution >= 0.6 is 22.8 Å². The van der Waals surface area contributed by atoms with Gasteiger partial charge in [0.15, 0.2) is 0 Å². The molecule has 0 aromatic heterocycles. The summed E-state index contributed by atoms with van der Waals surface area (Å²) in [5.74, 6) is 0. The van der Waals surface area contributed by atoms with E-state index in [0.29, 0.717) is 19.3 Å². The first-order valence-corrected chi connectivity index (χ1v) is 31.8. The molecule has 3 unspecified atom stereocenters. The molecular formula is C51H105Fe2O9P3. The molecule has 0 bridgehead atoms. The molecule has 0 aliphatic carbocycles. The molecule has 9 nitrogen and oxygen atoms in total. The summed E-state index contributed by atoms with van der Waals surface area (Å²) < 4.78 is 32.3. The molecule has 0 spiro atoms. The van der Waals surface area contributed by atoms with Crippen molar-refractivity contribution >= 4 is 22.8 Å². The largest absolute Gasteiger partial charge is 3.00 e. The number of unbranched alkanes of at least 4 members (excludes halogenated alkanes) is 36. The molecule has 0 amide bonds. The monoisotopic (exact) mass is 1070 g/mol. The maximum atomic E-state index is 10.8. The van der Waals surface area contributed by atoms with E-state index in [2.05, 4.69) is 20.8 Å². The van der Waals surface area contributed by atoms with E-state index in [-0.39, 0.29) is 34.1 Å². The van der Waals surface area contributed by atoms with E-state index in [0.717, 1.165) is 38.5 Å². The minimum atomic E-state index is -4.34. The van der Waals surface area contributed by atoms with Crippen molar-refractivity contribution in [3.63, 3.8) is 0 Å². The molecule has 0 fully saturated rings. The molecule has 0 heterocycles. The number of rotatable bonds is 45. The molecule has 394 valence electrons. The predicted molar refractivity (Wildman–Crippen MR) is 262 cm³/mol. The average Bonchev–Trinajstić information content (AvgIpc) is 3.22. The number of hydrogen-bond acceptors (Lipinski definition) is 9. The van der Waals surface area contributed by atoms with Crippen molar-refractivity contribution < 1.29 is 77.2 Å². The Bertz CT molecular complexity index is 930. The Kier molecular flexibility index (Phi) is 63.6. The van der Waals surface area contributed by atoms with Crippen LogP contribution < -0.4 is 29.4 Å². The molecule has 3 atom stereocenters. The first kappa shape index (κ1) is 75.4. The van der Waals surface area contributed by atoms with Gasteiger partial charge in [-0.25, -0.2) is 0 Å². The standard InChI is InChI=1S/3C17H37O3P.2Fe/c3*1-3-4-5-6-7-8-9-10-11-12-13-14-15-16-17(2)21(18,19)20;;/h3*17H,3-16H2,1-2H3,(H2,18,19,20);;/q;;;2*+3/p-6. The normalized spacial score (nSPS) is 13.1. The molecule has 0 saturated heterocycles.